The first kappa shape index (κ1) is 10.6. The first-order valence-corrected chi connectivity index (χ1v) is 5.86. The molecule has 80 valence electrons. The monoisotopic (exact) mass is 221 g/mol. The van der Waals surface area contributed by atoms with E-state index in [1.807, 2.05) is 18.2 Å². The van der Waals surface area contributed by atoms with E-state index in [0.717, 1.165) is 5.02 Å². The molecule has 1 aromatic heterocycles. The lowest BCUT2D eigenvalue weighted by atomic mass is 10.0. The van der Waals surface area contributed by atoms with Gasteiger partial charge in [-0.25, -0.2) is 0 Å². The van der Waals surface area contributed by atoms with Crippen LogP contribution in [-0.4, -0.2) is 4.98 Å². The molecule has 0 saturated carbocycles. The van der Waals surface area contributed by atoms with Crippen molar-refractivity contribution >= 4 is 22.5 Å². The SMILES string of the molecule is CCCC(C)c1cc2cc(Cl)ccc2[nH]1. The maximum Gasteiger partial charge on any atom is 0.0457 e. The summed E-state index contributed by atoms with van der Waals surface area (Å²) in [6.07, 6.45) is 2.44. The minimum Gasteiger partial charge on any atom is -0.358 e. The lowest BCUT2D eigenvalue weighted by Crippen LogP contribution is -1.91. The molecule has 1 aromatic carbocycles. The van der Waals surface area contributed by atoms with Crippen molar-refractivity contribution in [2.75, 3.05) is 0 Å². The number of H-pyrrole nitrogens is 1. The van der Waals surface area contributed by atoms with Crippen LogP contribution in [0, 0.1) is 0 Å². The van der Waals surface area contributed by atoms with Crippen LogP contribution in [0.3, 0.4) is 0 Å². The van der Waals surface area contributed by atoms with Gasteiger partial charge in [0.05, 0.1) is 0 Å². The van der Waals surface area contributed by atoms with E-state index in [2.05, 4.69) is 24.9 Å². The fourth-order valence-corrected chi connectivity index (χ4v) is 2.16. The quantitative estimate of drug-likeness (QED) is 0.772. The maximum atomic E-state index is 5.95. The second-order valence-corrected chi connectivity index (χ2v) is 4.58. The summed E-state index contributed by atoms with van der Waals surface area (Å²) in [5.41, 5.74) is 2.49. The minimum absolute atomic E-state index is 0.598. The molecule has 1 heterocycles. The third-order valence-corrected chi connectivity index (χ3v) is 3.09. The van der Waals surface area contributed by atoms with Crippen LogP contribution in [-0.2, 0) is 0 Å². The number of benzene rings is 1. The lowest BCUT2D eigenvalue weighted by Gasteiger charge is -2.06. The molecule has 0 aliphatic carbocycles. The first-order chi connectivity index (χ1) is 7.20. The Morgan fingerprint density at radius 1 is 1.33 bits per heavy atom. The third kappa shape index (κ3) is 2.18. The molecule has 0 aliphatic rings. The molecule has 0 amide bonds. The molecule has 0 aliphatic heterocycles. The van der Waals surface area contributed by atoms with Crippen molar-refractivity contribution in [1.82, 2.24) is 4.98 Å². The Kier molecular flexibility index (Phi) is 3.01. The molecule has 0 radical (unpaired) electrons. The van der Waals surface area contributed by atoms with Crippen molar-refractivity contribution in [3.05, 3.63) is 35.0 Å². The Balaban J connectivity index is 2.38. The average Bonchev–Trinajstić information content (AvgIpc) is 2.60. The van der Waals surface area contributed by atoms with E-state index in [-0.39, 0.29) is 0 Å². The van der Waals surface area contributed by atoms with Crippen LogP contribution in [0.2, 0.25) is 5.02 Å². The Morgan fingerprint density at radius 2 is 2.13 bits per heavy atom. The van der Waals surface area contributed by atoms with Crippen molar-refractivity contribution in [2.45, 2.75) is 32.6 Å². The van der Waals surface area contributed by atoms with E-state index in [9.17, 15) is 0 Å². The van der Waals surface area contributed by atoms with Gasteiger partial charge in [0, 0.05) is 21.6 Å². The molecule has 1 nitrogen and oxygen atoms in total. The van der Waals surface area contributed by atoms with Crippen molar-refractivity contribution in [3.8, 4) is 0 Å². The van der Waals surface area contributed by atoms with E-state index < -0.39 is 0 Å². The summed E-state index contributed by atoms with van der Waals surface area (Å²) in [7, 11) is 0. The van der Waals surface area contributed by atoms with Crippen LogP contribution in [0.1, 0.15) is 38.3 Å². The lowest BCUT2D eigenvalue weighted by molar-refractivity contribution is 0.652. The molecule has 0 spiro atoms. The van der Waals surface area contributed by atoms with E-state index in [4.69, 9.17) is 11.6 Å². The first-order valence-electron chi connectivity index (χ1n) is 5.49. The Hall–Kier alpha value is -0.950. The molecule has 1 atom stereocenters. The molecule has 0 bridgehead atoms. The smallest absolute Gasteiger partial charge is 0.0457 e. The highest BCUT2D eigenvalue weighted by atomic mass is 35.5. The van der Waals surface area contributed by atoms with Crippen LogP contribution in [0.5, 0.6) is 0 Å². The van der Waals surface area contributed by atoms with Gasteiger partial charge in [-0.2, -0.15) is 0 Å². The second kappa shape index (κ2) is 4.28. The van der Waals surface area contributed by atoms with E-state index in [1.165, 1.54) is 29.4 Å². The summed E-state index contributed by atoms with van der Waals surface area (Å²) in [6.45, 7) is 4.48. The molecule has 0 fully saturated rings. The van der Waals surface area contributed by atoms with E-state index >= 15 is 0 Å². The van der Waals surface area contributed by atoms with Gasteiger partial charge in [0.2, 0.25) is 0 Å². The fourth-order valence-electron chi connectivity index (χ4n) is 1.98. The molecule has 0 saturated heterocycles. The van der Waals surface area contributed by atoms with Gasteiger partial charge in [0.15, 0.2) is 0 Å². The van der Waals surface area contributed by atoms with Gasteiger partial charge in [-0.05, 0) is 36.6 Å². The summed E-state index contributed by atoms with van der Waals surface area (Å²) < 4.78 is 0. The molecular weight excluding hydrogens is 206 g/mol. The molecule has 2 rings (SSSR count). The highest BCUT2D eigenvalue weighted by Gasteiger charge is 2.07. The van der Waals surface area contributed by atoms with Crippen LogP contribution in [0.15, 0.2) is 24.3 Å². The van der Waals surface area contributed by atoms with Gasteiger partial charge in [0.1, 0.15) is 0 Å². The highest BCUT2D eigenvalue weighted by Crippen LogP contribution is 2.26. The van der Waals surface area contributed by atoms with Crippen LogP contribution in [0.25, 0.3) is 10.9 Å². The van der Waals surface area contributed by atoms with Gasteiger partial charge >= 0.3 is 0 Å². The molecule has 2 aromatic rings. The molecule has 15 heavy (non-hydrogen) atoms. The van der Waals surface area contributed by atoms with Gasteiger partial charge in [-0.3, -0.25) is 0 Å². The number of aromatic amines is 1. The zero-order valence-corrected chi connectivity index (χ0v) is 9.93. The largest absolute Gasteiger partial charge is 0.358 e. The van der Waals surface area contributed by atoms with Crippen molar-refractivity contribution in [3.63, 3.8) is 0 Å². The summed E-state index contributed by atoms with van der Waals surface area (Å²) in [6, 6.07) is 8.19. The van der Waals surface area contributed by atoms with Crippen LogP contribution < -0.4 is 0 Å². The normalized spacial score (nSPS) is 13.3. The molecule has 1 N–H and O–H groups in total. The number of aromatic nitrogens is 1. The number of hydrogen-bond donors (Lipinski definition) is 1. The molecule has 1 unspecified atom stereocenters. The number of halogens is 1. The minimum atomic E-state index is 0.598. The fraction of sp³-hybridized carbons (Fsp3) is 0.385. The van der Waals surface area contributed by atoms with E-state index in [0.29, 0.717) is 5.92 Å². The number of fused-ring (bicyclic) bond motifs is 1. The van der Waals surface area contributed by atoms with E-state index in [1.54, 1.807) is 0 Å². The maximum absolute atomic E-state index is 5.95. The Morgan fingerprint density at radius 3 is 2.87 bits per heavy atom. The molecule has 2 heteroatoms. The van der Waals surface area contributed by atoms with Crippen LogP contribution in [0.4, 0.5) is 0 Å². The Labute approximate surface area is 95.5 Å². The summed E-state index contributed by atoms with van der Waals surface area (Å²) in [4.78, 5) is 3.45. The zero-order chi connectivity index (χ0) is 10.8. The summed E-state index contributed by atoms with van der Waals surface area (Å²) in [5.74, 6) is 0.598. The van der Waals surface area contributed by atoms with Crippen LogP contribution >= 0.6 is 11.6 Å². The van der Waals surface area contributed by atoms with Gasteiger partial charge in [-0.1, -0.05) is 31.9 Å². The van der Waals surface area contributed by atoms with Gasteiger partial charge in [-0.15, -0.1) is 0 Å². The highest BCUT2D eigenvalue weighted by molar-refractivity contribution is 6.31. The standard InChI is InChI=1S/C13H16ClN/c1-3-4-9(2)13-8-10-7-11(14)5-6-12(10)15-13/h5-9,15H,3-4H2,1-2H3. The van der Waals surface area contributed by atoms with Crippen molar-refractivity contribution in [1.29, 1.82) is 0 Å². The predicted octanol–water partition coefficient (Wildman–Crippen LogP) is 4.72. The summed E-state index contributed by atoms with van der Waals surface area (Å²) >= 11 is 5.95. The number of hydrogen-bond acceptors (Lipinski definition) is 0. The summed E-state index contributed by atoms with van der Waals surface area (Å²) in [5, 5.41) is 2.01. The van der Waals surface area contributed by atoms with Crippen molar-refractivity contribution < 1.29 is 0 Å². The second-order valence-electron chi connectivity index (χ2n) is 4.15. The topological polar surface area (TPSA) is 15.8 Å². The number of nitrogens with one attached hydrogen (secondary N) is 1. The van der Waals surface area contributed by atoms with Crippen molar-refractivity contribution in [2.24, 2.45) is 0 Å². The van der Waals surface area contributed by atoms with Gasteiger partial charge in [0.25, 0.3) is 0 Å². The van der Waals surface area contributed by atoms with Gasteiger partial charge < -0.3 is 4.98 Å². The molecular formula is C13H16ClN. The average molecular weight is 222 g/mol. The third-order valence-electron chi connectivity index (χ3n) is 2.86. The number of rotatable bonds is 3. The predicted molar refractivity (Wildman–Crippen MR) is 66.6 cm³/mol. The zero-order valence-electron chi connectivity index (χ0n) is 9.18. The Bertz CT molecular complexity index is 459.